The standard InChI is InChI=1S/C19H23N3O4/c1-4-11-20-18(23)13-5-7-14(8-6-13)21-19(24)22-15-9-10-16(25-2)17(12-15)26-3/h5-10,12H,4,11H2,1-3H3,(H,20,23)(H2,21,22,24). The molecule has 0 aliphatic heterocycles. The third-order valence-electron chi connectivity index (χ3n) is 3.58. The summed E-state index contributed by atoms with van der Waals surface area (Å²) in [6.07, 6.45) is 0.877. The van der Waals surface area contributed by atoms with Crippen LogP contribution in [0.15, 0.2) is 42.5 Å². The van der Waals surface area contributed by atoms with Gasteiger partial charge >= 0.3 is 6.03 Å². The molecule has 0 fully saturated rings. The molecule has 3 N–H and O–H groups in total. The number of carbonyl (C=O) groups is 2. The van der Waals surface area contributed by atoms with Gasteiger partial charge in [-0.2, -0.15) is 0 Å². The topological polar surface area (TPSA) is 88.7 Å². The molecule has 26 heavy (non-hydrogen) atoms. The maximum atomic E-state index is 12.1. The lowest BCUT2D eigenvalue weighted by Crippen LogP contribution is -2.24. The first-order valence-electron chi connectivity index (χ1n) is 8.25. The molecule has 0 spiro atoms. The van der Waals surface area contributed by atoms with E-state index in [-0.39, 0.29) is 5.91 Å². The Morgan fingerprint density at radius 3 is 2.12 bits per heavy atom. The van der Waals surface area contributed by atoms with Crippen molar-refractivity contribution < 1.29 is 19.1 Å². The van der Waals surface area contributed by atoms with Crippen LogP contribution in [-0.4, -0.2) is 32.7 Å². The van der Waals surface area contributed by atoms with E-state index in [4.69, 9.17) is 9.47 Å². The van der Waals surface area contributed by atoms with Crippen LogP contribution in [0.2, 0.25) is 0 Å². The predicted octanol–water partition coefficient (Wildman–Crippen LogP) is 3.49. The highest BCUT2D eigenvalue weighted by atomic mass is 16.5. The summed E-state index contributed by atoms with van der Waals surface area (Å²) in [6.45, 7) is 2.62. The average Bonchev–Trinajstić information content (AvgIpc) is 2.66. The Bertz CT molecular complexity index is 760. The van der Waals surface area contributed by atoms with Gasteiger partial charge in [-0.1, -0.05) is 6.92 Å². The first-order valence-corrected chi connectivity index (χ1v) is 8.25. The molecule has 0 atom stereocenters. The summed E-state index contributed by atoms with van der Waals surface area (Å²) in [7, 11) is 3.07. The van der Waals surface area contributed by atoms with Crippen LogP contribution in [0.3, 0.4) is 0 Å². The van der Waals surface area contributed by atoms with Crippen molar-refractivity contribution in [3.63, 3.8) is 0 Å². The molecule has 3 amide bonds. The molecule has 0 aliphatic rings. The highest BCUT2D eigenvalue weighted by Crippen LogP contribution is 2.29. The Labute approximate surface area is 152 Å². The van der Waals surface area contributed by atoms with Crippen LogP contribution in [0, 0.1) is 0 Å². The first kappa shape index (κ1) is 19.1. The van der Waals surface area contributed by atoms with Gasteiger partial charge in [-0.3, -0.25) is 4.79 Å². The number of rotatable bonds is 7. The summed E-state index contributed by atoms with van der Waals surface area (Å²) in [4.78, 5) is 24.0. The number of benzene rings is 2. The average molecular weight is 357 g/mol. The molecule has 0 saturated heterocycles. The molecule has 7 nitrogen and oxygen atoms in total. The summed E-state index contributed by atoms with van der Waals surface area (Å²) in [5, 5.41) is 8.23. The van der Waals surface area contributed by atoms with Crippen LogP contribution in [-0.2, 0) is 0 Å². The van der Waals surface area contributed by atoms with Crippen LogP contribution >= 0.6 is 0 Å². The molecule has 2 aromatic carbocycles. The number of amides is 3. The fourth-order valence-electron chi connectivity index (χ4n) is 2.25. The zero-order valence-electron chi connectivity index (χ0n) is 15.1. The molecule has 0 radical (unpaired) electrons. The minimum Gasteiger partial charge on any atom is -0.493 e. The summed E-state index contributed by atoms with van der Waals surface area (Å²) in [5.74, 6) is 0.969. The number of hydrogen-bond acceptors (Lipinski definition) is 4. The molecule has 138 valence electrons. The zero-order valence-corrected chi connectivity index (χ0v) is 15.1. The van der Waals surface area contributed by atoms with Crippen molar-refractivity contribution in [3.05, 3.63) is 48.0 Å². The van der Waals surface area contributed by atoms with Crippen molar-refractivity contribution in [1.82, 2.24) is 5.32 Å². The van der Waals surface area contributed by atoms with Gasteiger partial charge < -0.3 is 25.4 Å². The Hall–Kier alpha value is -3.22. The second-order valence-electron chi connectivity index (χ2n) is 5.48. The first-order chi connectivity index (χ1) is 12.6. The number of ether oxygens (including phenoxy) is 2. The van der Waals surface area contributed by atoms with E-state index in [1.165, 1.54) is 7.11 Å². The maximum Gasteiger partial charge on any atom is 0.323 e. The van der Waals surface area contributed by atoms with E-state index in [0.29, 0.717) is 35.0 Å². The molecule has 2 rings (SSSR count). The minimum atomic E-state index is -0.402. The minimum absolute atomic E-state index is 0.131. The smallest absolute Gasteiger partial charge is 0.323 e. The predicted molar refractivity (Wildman–Crippen MR) is 101 cm³/mol. The molecule has 0 aromatic heterocycles. The van der Waals surface area contributed by atoms with Crippen LogP contribution in [0.25, 0.3) is 0 Å². The van der Waals surface area contributed by atoms with Gasteiger partial charge in [0.2, 0.25) is 0 Å². The van der Waals surface area contributed by atoms with E-state index in [1.54, 1.807) is 49.6 Å². The molecular formula is C19H23N3O4. The lowest BCUT2D eigenvalue weighted by molar-refractivity contribution is 0.0953. The third-order valence-corrected chi connectivity index (χ3v) is 3.58. The van der Waals surface area contributed by atoms with E-state index in [9.17, 15) is 9.59 Å². The molecule has 0 saturated carbocycles. The molecule has 2 aromatic rings. The van der Waals surface area contributed by atoms with Gasteiger partial charge in [0.15, 0.2) is 11.5 Å². The molecule has 0 aliphatic carbocycles. The number of nitrogens with one attached hydrogen (secondary N) is 3. The molecule has 7 heteroatoms. The molecule has 0 unspecified atom stereocenters. The van der Waals surface area contributed by atoms with E-state index >= 15 is 0 Å². The summed E-state index contributed by atoms with van der Waals surface area (Å²) in [5.41, 5.74) is 1.69. The van der Waals surface area contributed by atoms with Gasteiger partial charge in [-0.15, -0.1) is 0 Å². The van der Waals surface area contributed by atoms with E-state index in [0.717, 1.165) is 6.42 Å². The van der Waals surface area contributed by atoms with Crippen molar-refractivity contribution >= 4 is 23.3 Å². The fourth-order valence-corrected chi connectivity index (χ4v) is 2.25. The quantitative estimate of drug-likeness (QED) is 0.708. The Balaban J connectivity index is 1.96. The van der Waals surface area contributed by atoms with E-state index in [2.05, 4.69) is 16.0 Å². The number of anilines is 2. The molecule has 0 bridgehead atoms. The number of hydrogen-bond donors (Lipinski definition) is 3. The largest absolute Gasteiger partial charge is 0.493 e. The maximum absolute atomic E-state index is 12.1. The number of carbonyl (C=O) groups excluding carboxylic acids is 2. The lowest BCUT2D eigenvalue weighted by Gasteiger charge is -2.11. The van der Waals surface area contributed by atoms with Crippen LogP contribution in [0.1, 0.15) is 23.7 Å². The number of urea groups is 1. The third kappa shape index (κ3) is 5.14. The van der Waals surface area contributed by atoms with E-state index < -0.39 is 6.03 Å². The van der Waals surface area contributed by atoms with Gasteiger partial charge in [0, 0.05) is 29.5 Å². The van der Waals surface area contributed by atoms with Crippen molar-refractivity contribution in [2.75, 3.05) is 31.4 Å². The van der Waals surface area contributed by atoms with Crippen molar-refractivity contribution in [2.24, 2.45) is 0 Å². The van der Waals surface area contributed by atoms with Gasteiger partial charge in [0.1, 0.15) is 0 Å². The highest BCUT2D eigenvalue weighted by molar-refractivity contribution is 6.00. The highest BCUT2D eigenvalue weighted by Gasteiger charge is 2.09. The summed E-state index contributed by atoms with van der Waals surface area (Å²) in [6, 6.07) is 11.4. The van der Waals surface area contributed by atoms with Gasteiger partial charge in [0.25, 0.3) is 5.91 Å². The monoisotopic (exact) mass is 357 g/mol. The normalized spacial score (nSPS) is 9.96. The molecule has 0 heterocycles. The Morgan fingerprint density at radius 2 is 1.50 bits per heavy atom. The van der Waals surface area contributed by atoms with Gasteiger partial charge in [-0.05, 0) is 42.8 Å². The number of methoxy groups -OCH3 is 2. The van der Waals surface area contributed by atoms with Crippen LogP contribution in [0.4, 0.5) is 16.2 Å². The van der Waals surface area contributed by atoms with Crippen LogP contribution < -0.4 is 25.4 Å². The Kier molecular flexibility index (Phi) is 6.84. The lowest BCUT2D eigenvalue weighted by atomic mass is 10.2. The SMILES string of the molecule is CCCNC(=O)c1ccc(NC(=O)Nc2ccc(OC)c(OC)c2)cc1. The van der Waals surface area contributed by atoms with Gasteiger partial charge in [0.05, 0.1) is 14.2 Å². The van der Waals surface area contributed by atoms with Crippen LogP contribution in [0.5, 0.6) is 11.5 Å². The Morgan fingerprint density at radius 1 is 0.885 bits per heavy atom. The second kappa shape index (κ2) is 9.31. The summed E-state index contributed by atoms with van der Waals surface area (Å²) >= 11 is 0. The second-order valence-corrected chi connectivity index (χ2v) is 5.48. The van der Waals surface area contributed by atoms with E-state index in [1.807, 2.05) is 6.92 Å². The van der Waals surface area contributed by atoms with Crippen molar-refractivity contribution in [3.8, 4) is 11.5 Å². The van der Waals surface area contributed by atoms with Gasteiger partial charge in [-0.25, -0.2) is 4.79 Å². The van der Waals surface area contributed by atoms with Crippen molar-refractivity contribution in [2.45, 2.75) is 13.3 Å². The molecular weight excluding hydrogens is 334 g/mol. The van der Waals surface area contributed by atoms with Crippen molar-refractivity contribution in [1.29, 1.82) is 0 Å². The zero-order chi connectivity index (χ0) is 18.9. The fraction of sp³-hybridized carbons (Fsp3) is 0.263. The summed E-state index contributed by atoms with van der Waals surface area (Å²) < 4.78 is 10.4.